The average Bonchev–Trinajstić information content (AvgIpc) is 3.15. The smallest absolute Gasteiger partial charge is 0.341 e. The molecule has 0 saturated heterocycles. The van der Waals surface area contributed by atoms with Crippen molar-refractivity contribution < 1.29 is 19.1 Å². The number of thiophene rings is 1. The molecule has 2 heterocycles. The van der Waals surface area contributed by atoms with Gasteiger partial charge in [-0.1, -0.05) is 42.5 Å². The first-order valence-corrected chi connectivity index (χ1v) is 10.7. The van der Waals surface area contributed by atoms with Crippen LogP contribution in [0.25, 0.3) is 0 Å². The van der Waals surface area contributed by atoms with Crippen LogP contribution >= 0.6 is 11.3 Å². The molecule has 0 atom stereocenters. The normalized spacial score (nSPS) is 13.4. The summed E-state index contributed by atoms with van der Waals surface area (Å²) in [6.07, 6.45) is 0.735. The van der Waals surface area contributed by atoms with Crippen molar-refractivity contribution in [1.29, 1.82) is 0 Å². The molecule has 0 bridgehead atoms. The molecule has 1 amide bonds. The number of anilines is 1. The fourth-order valence-electron chi connectivity index (χ4n) is 3.64. The second-order valence-corrected chi connectivity index (χ2v) is 8.52. The zero-order valence-electron chi connectivity index (χ0n) is 17.3. The van der Waals surface area contributed by atoms with E-state index in [0.717, 1.165) is 30.0 Å². The summed E-state index contributed by atoms with van der Waals surface area (Å²) in [5.74, 6) is -0.882. The highest BCUT2D eigenvalue weighted by Gasteiger charge is 2.28. The number of benzene rings is 2. The molecule has 31 heavy (non-hydrogen) atoms. The predicted molar refractivity (Wildman–Crippen MR) is 120 cm³/mol. The molecule has 1 aromatic heterocycles. The minimum atomic E-state index is -0.443. The lowest BCUT2D eigenvalue weighted by Crippen LogP contribution is -2.26. The molecule has 3 aromatic rings. The summed E-state index contributed by atoms with van der Waals surface area (Å²) in [5.41, 5.74) is 2.90. The highest BCUT2D eigenvalue weighted by Crippen LogP contribution is 2.37. The second kappa shape index (κ2) is 8.83. The van der Waals surface area contributed by atoms with Gasteiger partial charge in [0.2, 0.25) is 0 Å². The number of fused-ring (bicyclic) bond motifs is 1. The Kier molecular flexibility index (Phi) is 5.97. The topological polar surface area (TPSA) is 75.7 Å². The van der Waals surface area contributed by atoms with Crippen LogP contribution in [0.1, 0.15) is 47.1 Å². The number of amides is 1. The Morgan fingerprint density at radius 1 is 0.968 bits per heavy atom. The summed E-state index contributed by atoms with van der Waals surface area (Å²) in [6.45, 7) is 1.58. The van der Waals surface area contributed by atoms with Gasteiger partial charge in [0.15, 0.2) is 5.78 Å². The van der Waals surface area contributed by atoms with Crippen molar-refractivity contribution in [2.45, 2.75) is 13.0 Å². The lowest BCUT2D eigenvalue weighted by atomic mass is 10.0. The van der Waals surface area contributed by atoms with Crippen molar-refractivity contribution >= 4 is 34.0 Å². The van der Waals surface area contributed by atoms with Crippen molar-refractivity contribution in [3.8, 4) is 0 Å². The molecule has 0 aliphatic carbocycles. The Bertz CT molecular complexity index is 1140. The Morgan fingerprint density at radius 3 is 2.29 bits per heavy atom. The number of carbonyl (C=O) groups is 3. The van der Waals surface area contributed by atoms with Crippen LogP contribution in [-0.4, -0.2) is 43.3 Å². The van der Waals surface area contributed by atoms with Gasteiger partial charge in [-0.05, 0) is 31.2 Å². The van der Waals surface area contributed by atoms with Gasteiger partial charge < -0.3 is 15.0 Å². The van der Waals surface area contributed by atoms with E-state index in [1.165, 1.54) is 18.4 Å². The van der Waals surface area contributed by atoms with Crippen LogP contribution < -0.4 is 5.32 Å². The maximum atomic E-state index is 12.9. The van der Waals surface area contributed by atoms with Crippen LogP contribution in [0.15, 0.2) is 54.6 Å². The van der Waals surface area contributed by atoms with Gasteiger partial charge in [0.05, 0.1) is 12.7 Å². The van der Waals surface area contributed by atoms with Gasteiger partial charge in [-0.3, -0.25) is 9.59 Å². The maximum absolute atomic E-state index is 12.9. The molecular weight excluding hydrogens is 412 g/mol. The van der Waals surface area contributed by atoms with E-state index in [9.17, 15) is 14.4 Å². The van der Waals surface area contributed by atoms with E-state index in [1.54, 1.807) is 36.4 Å². The first-order valence-electron chi connectivity index (χ1n) is 9.90. The first kappa shape index (κ1) is 21.0. The van der Waals surface area contributed by atoms with Gasteiger partial charge in [-0.25, -0.2) is 4.79 Å². The Morgan fingerprint density at radius 2 is 1.61 bits per heavy atom. The number of ketones is 1. The number of ether oxygens (including phenoxy) is 1. The summed E-state index contributed by atoms with van der Waals surface area (Å²) < 4.78 is 4.96. The minimum Gasteiger partial charge on any atom is -0.465 e. The average molecular weight is 435 g/mol. The molecule has 1 N–H and O–H groups in total. The molecule has 0 unspecified atom stereocenters. The number of methoxy groups -OCH3 is 1. The molecule has 158 valence electrons. The second-order valence-electron chi connectivity index (χ2n) is 7.41. The van der Waals surface area contributed by atoms with E-state index in [4.69, 9.17) is 4.74 Å². The molecule has 6 nitrogen and oxygen atoms in total. The largest absolute Gasteiger partial charge is 0.465 e. The molecule has 0 spiro atoms. The summed E-state index contributed by atoms with van der Waals surface area (Å²) >= 11 is 1.41. The fraction of sp³-hybridized carbons (Fsp3) is 0.208. The van der Waals surface area contributed by atoms with Crippen LogP contribution in [0, 0.1) is 0 Å². The molecular formula is C24H22N2O4S. The van der Waals surface area contributed by atoms with Crippen molar-refractivity contribution in [2.75, 3.05) is 26.0 Å². The molecule has 2 aromatic carbocycles. The molecule has 0 fully saturated rings. The summed E-state index contributed by atoms with van der Waals surface area (Å²) in [4.78, 5) is 41.1. The molecule has 1 aliphatic heterocycles. The van der Waals surface area contributed by atoms with Crippen molar-refractivity contribution in [3.63, 3.8) is 0 Å². The molecule has 1 aliphatic rings. The first-order chi connectivity index (χ1) is 15.0. The molecule has 4 rings (SSSR count). The van der Waals surface area contributed by atoms with Gasteiger partial charge in [0.1, 0.15) is 5.00 Å². The third-order valence-electron chi connectivity index (χ3n) is 5.31. The summed E-state index contributed by atoms with van der Waals surface area (Å²) in [7, 11) is 3.37. The van der Waals surface area contributed by atoms with E-state index in [2.05, 4.69) is 10.2 Å². The molecule has 0 radical (unpaired) electrons. The number of esters is 1. The number of hydrogen-bond donors (Lipinski definition) is 1. The number of rotatable bonds is 5. The van der Waals surface area contributed by atoms with Gasteiger partial charge >= 0.3 is 5.97 Å². The SMILES string of the molecule is COC(=O)c1c(NC(=O)c2ccc(C(=O)c3ccccc3)cc2)sc2c1CCN(C)C2. The van der Waals surface area contributed by atoms with Crippen LogP contribution in [0.3, 0.4) is 0 Å². The van der Waals surface area contributed by atoms with Crippen LogP contribution in [-0.2, 0) is 17.7 Å². The fourth-order valence-corrected chi connectivity index (χ4v) is 4.95. The van der Waals surface area contributed by atoms with E-state index in [0.29, 0.717) is 27.3 Å². The number of nitrogens with one attached hydrogen (secondary N) is 1. The van der Waals surface area contributed by atoms with Crippen molar-refractivity contribution in [1.82, 2.24) is 4.90 Å². The predicted octanol–water partition coefficient (Wildman–Crippen LogP) is 4.01. The van der Waals surface area contributed by atoms with E-state index in [1.807, 2.05) is 25.2 Å². The quantitative estimate of drug-likeness (QED) is 0.485. The summed E-state index contributed by atoms with van der Waals surface area (Å²) in [6, 6.07) is 15.5. The van der Waals surface area contributed by atoms with Crippen molar-refractivity contribution in [2.24, 2.45) is 0 Å². The zero-order valence-corrected chi connectivity index (χ0v) is 18.1. The van der Waals surface area contributed by atoms with Gasteiger partial charge in [0.25, 0.3) is 5.91 Å². The summed E-state index contributed by atoms with van der Waals surface area (Å²) in [5, 5.41) is 3.37. The lowest BCUT2D eigenvalue weighted by molar-refractivity contribution is 0.0600. The number of likely N-dealkylation sites (N-methyl/N-ethyl adjacent to an activating group) is 1. The number of hydrogen-bond acceptors (Lipinski definition) is 6. The Balaban J connectivity index is 1.56. The highest BCUT2D eigenvalue weighted by atomic mass is 32.1. The van der Waals surface area contributed by atoms with Crippen LogP contribution in [0.5, 0.6) is 0 Å². The van der Waals surface area contributed by atoms with Gasteiger partial charge in [-0.15, -0.1) is 11.3 Å². The van der Waals surface area contributed by atoms with E-state index in [-0.39, 0.29) is 11.7 Å². The number of carbonyl (C=O) groups excluding carboxylic acids is 3. The Labute approximate surface area is 184 Å². The Hall–Kier alpha value is -3.29. The lowest BCUT2D eigenvalue weighted by Gasteiger charge is -2.22. The van der Waals surface area contributed by atoms with Crippen LogP contribution in [0.4, 0.5) is 5.00 Å². The van der Waals surface area contributed by atoms with E-state index < -0.39 is 5.97 Å². The van der Waals surface area contributed by atoms with Crippen LogP contribution in [0.2, 0.25) is 0 Å². The monoisotopic (exact) mass is 434 g/mol. The van der Waals surface area contributed by atoms with Crippen molar-refractivity contribution in [3.05, 3.63) is 87.3 Å². The zero-order chi connectivity index (χ0) is 22.0. The standard InChI is InChI=1S/C24H22N2O4S/c1-26-13-12-18-19(14-26)31-23(20(18)24(29)30-2)25-22(28)17-10-8-16(9-11-17)21(27)15-6-4-3-5-7-15/h3-11H,12-14H2,1-2H3,(H,25,28). The van der Waals surface area contributed by atoms with Gasteiger partial charge in [-0.2, -0.15) is 0 Å². The highest BCUT2D eigenvalue weighted by molar-refractivity contribution is 7.17. The minimum absolute atomic E-state index is 0.101. The number of nitrogens with zero attached hydrogens (tertiary/aromatic N) is 1. The third kappa shape index (κ3) is 4.28. The van der Waals surface area contributed by atoms with Gasteiger partial charge in [0, 0.05) is 34.7 Å². The molecule has 7 heteroatoms. The maximum Gasteiger partial charge on any atom is 0.341 e. The third-order valence-corrected chi connectivity index (χ3v) is 6.44. The van der Waals surface area contributed by atoms with E-state index >= 15 is 0 Å². The molecule has 0 saturated carbocycles.